The van der Waals surface area contributed by atoms with Gasteiger partial charge in [0.15, 0.2) is 15.0 Å². The highest BCUT2D eigenvalue weighted by atomic mass is 35.5. The highest BCUT2D eigenvalue weighted by Crippen LogP contribution is 2.33. The van der Waals surface area contributed by atoms with Crippen molar-refractivity contribution in [1.82, 2.24) is 9.88 Å². The molecule has 1 saturated heterocycles. The Morgan fingerprint density at radius 2 is 1.91 bits per heavy atom. The molecule has 0 N–H and O–H groups in total. The van der Waals surface area contributed by atoms with Crippen LogP contribution in [0.4, 0.5) is 5.13 Å². The average Bonchev–Trinajstić information content (AvgIpc) is 3.18. The standard InChI is InChI=1S/C23H26ClN3O4S2/c1-16-13-18(24)15-20-22(16)25-23(32-20)27(8-7-26-9-11-31-12-10-26)21(28)14-17-3-5-19(6-4-17)33(2,29)30/h3-6,13,15H,7-12,14H2,1-2H3. The summed E-state index contributed by atoms with van der Waals surface area (Å²) in [6, 6.07) is 10.2. The second-order valence-corrected chi connectivity index (χ2v) is 11.6. The zero-order chi connectivity index (χ0) is 23.6. The molecule has 0 bridgehead atoms. The molecule has 33 heavy (non-hydrogen) atoms. The molecule has 0 aliphatic carbocycles. The van der Waals surface area contributed by atoms with Crippen molar-refractivity contribution in [2.24, 2.45) is 0 Å². The van der Waals surface area contributed by atoms with E-state index in [-0.39, 0.29) is 17.2 Å². The van der Waals surface area contributed by atoms with Crippen molar-refractivity contribution >= 4 is 54.0 Å². The lowest BCUT2D eigenvalue weighted by Crippen LogP contribution is -2.43. The molecule has 0 radical (unpaired) electrons. The number of halogens is 1. The molecule has 2 aromatic carbocycles. The van der Waals surface area contributed by atoms with E-state index < -0.39 is 9.84 Å². The first-order chi connectivity index (χ1) is 15.7. The van der Waals surface area contributed by atoms with Crippen LogP contribution < -0.4 is 4.90 Å². The predicted octanol–water partition coefficient (Wildman–Crippen LogP) is 3.57. The lowest BCUT2D eigenvalue weighted by Gasteiger charge is -2.29. The summed E-state index contributed by atoms with van der Waals surface area (Å²) < 4.78 is 29.8. The number of carbonyl (C=O) groups is 1. The molecule has 10 heteroatoms. The zero-order valence-corrected chi connectivity index (χ0v) is 21.0. The van der Waals surface area contributed by atoms with Crippen LogP contribution in [0.15, 0.2) is 41.3 Å². The number of ether oxygens (including phenoxy) is 1. The molecule has 0 atom stereocenters. The molecule has 1 amide bonds. The molecule has 1 aromatic heterocycles. The van der Waals surface area contributed by atoms with Crippen LogP contribution in [0.5, 0.6) is 0 Å². The summed E-state index contributed by atoms with van der Waals surface area (Å²) in [5.74, 6) is -0.0850. The molecule has 1 aliphatic rings. The first-order valence-electron chi connectivity index (χ1n) is 10.7. The molecular formula is C23H26ClN3O4S2. The highest BCUT2D eigenvalue weighted by molar-refractivity contribution is 7.90. The molecule has 1 fully saturated rings. The summed E-state index contributed by atoms with van der Waals surface area (Å²) in [5.41, 5.74) is 2.57. The Bertz CT molecular complexity index is 1250. The van der Waals surface area contributed by atoms with Crippen LogP contribution in [-0.4, -0.2) is 69.9 Å². The normalized spacial score (nSPS) is 15.1. The number of morpholine rings is 1. The molecule has 3 aromatic rings. The van der Waals surface area contributed by atoms with Crippen LogP contribution >= 0.6 is 22.9 Å². The van der Waals surface area contributed by atoms with E-state index in [2.05, 4.69) is 4.90 Å². The van der Waals surface area contributed by atoms with Gasteiger partial charge in [-0.3, -0.25) is 14.6 Å². The quantitative estimate of drug-likeness (QED) is 0.486. The maximum Gasteiger partial charge on any atom is 0.233 e. The molecule has 0 spiro atoms. The number of rotatable bonds is 7. The summed E-state index contributed by atoms with van der Waals surface area (Å²) in [6.07, 6.45) is 1.32. The second kappa shape index (κ2) is 10.1. The molecule has 0 saturated carbocycles. The molecule has 1 aliphatic heterocycles. The van der Waals surface area contributed by atoms with Crippen molar-refractivity contribution in [3.63, 3.8) is 0 Å². The Morgan fingerprint density at radius 1 is 1.21 bits per heavy atom. The lowest BCUT2D eigenvalue weighted by molar-refractivity contribution is -0.118. The number of fused-ring (bicyclic) bond motifs is 1. The Kier molecular flexibility index (Phi) is 7.35. The summed E-state index contributed by atoms with van der Waals surface area (Å²) in [5, 5.41) is 1.29. The maximum atomic E-state index is 13.4. The Hall–Kier alpha value is -2.04. The second-order valence-electron chi connectivity index (χ2n) is 8.16. The largest absolute Gasteiger partial charge is 0.379 e. The minimum Gasteiger partial charge on any atom is -0.379 e. The van der Waals surface area contributed by atoms with E-state index in [0.29, 0.717) is 29.9 Å². The Labute approximate surface area is 202 Å². The van der Waals surface area contributed by atoms with Crippen LogP contribution in [0.2, 0.25) is 5.02 Å². The van der Waals surface area contributed by atoms with Crippen LogP contribution in [0.3, 0.4) is 0 Å². The number of hydrogen-bond donors (Lipinski definition) is 0. The van der Waals surface area contributed by atoms with E-state index in [9.17, 15) is 13.2 Å². The topological polar surface area (TPSA) is 79.8 Å². The fourth-order valence-corrected chi connectivity index (χ4v) is 5.87. The van der Waals surface area contributed by atoms with Crippen LogP contribution in [0.1, 0.15) is 11.1 Å². The van der Waals surface area contributed by atoms with Crippen molar-refractivity contribution in [3.8, 4) is 0 Å². The first-order valence-corrected chi connectivity index (χ1v) is 13.8. The number of aromatic nitrogens is 1. The number of sulfone groups is 1. The molecule has 2 heterocycles. The van der Waals surface area contributed by atoms with Gasteiger partial charge in [0.1, 0.15) is 0 Å². The Balaban J connectivity index is 1.59. The van der Waals surface area contributed by atoms with Crippen molar-refractivity contribution < 1.29 is 17.9 Å². The molecule has 176 valence electrons. The van der Waals surface area contributed by atoms with Crippen molar-refractivity contribution in [1.29, 1.82) is 0 Å². The number of thiazole rings is 1. The van der Waals surface area contributed by atoms with E-state index in [4.69, 9.17) is 21.3 Å². The van der Waals surface area contributed by atoms with Crippen molar-refractivity contribution in [3.05, 3.63) is 52.5 Å². The average molecular weight is 508 g/mol. The van der Waals surface area contributed by atoms with E-state index in [1.54, 1.807) is 29.2 Å². The first kappa shape index (κ1) is 24.1. The van der Waals surface area contributed by atoms with Gasteiger partial charge in [0.25, 0.3) is 0 Å². The number of amides is 1. The van der Waals surface area contributed by atoms with E-state index >= 15 is 0 Å². The van der Waals surface area contributed by atoms with Gasteiger partial charge < -0.3 is 4.74 Å². The van der Waals surface area contributed by atoms with E-state index in [1.807, 2.05) is 19.1 Å². The number of hydrogen-bond acceptors (Lipinski definition) is 7. The number of nitrogens with zero attached hydrogens (tertiary/aromatic N) is 3. The minimum absolute atomic E-state index is 0.0850. The van der Waals surface area contributed by atoms with E-state index in [0.717, 1.165) is 41.0 Å². The van der Waals surface area contributed by atoms with Gasteiger partial charge in [-0.25, -0.2) is 13.4 Å². The van der Waals surface area contributed by atoms with Gasteiger partial charge in [-0.05, 0) is 42.3 Å². The molecule has 0 unspecified atom stereocenters. The minimum atomic E-state index is -3.28. The van der Waals surface area contributed by atoms with Gasteiger partial charge in [0.2, 0.25) is 5.91 Å². The predicted molar refractivity (Wildman–Crippen MR) is 132 cm³/mol. The molecule has 7 nitrogen and oxygen atoms in total. The van der Waals surface area contributed by atoms with Crippen molar-refractivity contribution in [2.75, 3.05) is 50.5 Å². The summed E-state index contributed by atoms with van der Waals surface area (Å²) >= 11 is 7.68. The van der Waals surface area contributed by atoms with Crippen LogP contribution in [-0.2, 0) is 25.8 Å². The fourth-order valence-electron chi connectivity index (χ4n) is 3.78. The number of aryl methyl sites for hydroxylation is 1. The Morgan fingerprint density at radius 3 is 2.58 bits per heavy atom. The third-order valence-electron chi connectivity index (χ3n) is 5.62. The van der Waals surface area contributed by atoms with Crippen LogP contribution in [0, 0.1) is 6.92 Å². The monoisotopic (exact) mass is 507 g/mol. The summed E-state index contributed by atoms with van der Waals surface area (Å²) in [4.78, 5) is 22.4. The highest BCUT2D eigenvalue weighted by Gasteiger charge is 2.22. The zero-order valence-electron chi connectivity index (χ0n) is 18.6. The smallest absolute Gasteiger partial charge is 0.233 e. The fraction of sp³-hybridized carbons (Fsp3) is 0.391. The third kappa shape index (κ3) is 5.91. The van der Waals surface area contributed by atoms with Gasteiger partial charge in [-0.2, -0.15) is 0 Å². The SMILES string of the molecule is Cc1cc(Cl)cc2sc(N(CCN3CCOCC3)C(=O)Cc3ccc(S(C)(=O)=O)cc3)nc12. The lowest BCUT2D eigenvalue weighted by atomic mass is 10.1. The van der Waals surface area contributed by atoms with Gasteiger partial charge in [0, 0.05) is 37.5 Å². The van der Waals surface area contributed by atoms with Crippen molar-refractivity contribution in [2.45, 2.75) is 18.2 Å². The maximum absolute atomic E-state index is 13.4. The summed E-state index contributed by atoms with van der Waals surface area (Å²) in [7, 11) is -3.28. The molecular weight excluding hydrogens is 482 g/mol. The van der Waals surface area contributed by atoms with Gasteiger partial charge in [0.05, 0.1) is 34.7 Å². The van der Waals surface area contributed by atoms with Gasteiger partial charge in [-0.1, -0.05) is 35.1 Å². The van der Waals surface area contributed by atoms with Gasteiger partial charge >= 0.3 is 0 Å². The number of benzene rings is 2. The molecule has 4 rings (SSSR count). The summed E-state index contributed by atoms with van der Waals surface area (Å²) in [6.45, 7) is 6.25. The van der Waals surface area contributed by atoms with E-state index in [1.165, 1.54) is 17.6 Å². The number of anilines is 1. The number of carbonyl (C=O) groups excluding carboxylic acids is 1. The third-order valence-corrected chi connectivity index (χ3v) is 7.99. The van der Waals surface area contributed by atoms with Gasteiger partial charge in [-0.15, -0.1) is 0 Å². The van der Waals surface area contributed by atoms with Crippen LogP contribution in [0.25, 0.3) is 10.2 Å².